The second-order valence-corrected chi connectivity index (χ2v) is 6.42. The molecule has 9 nitrogen and oxygen atoms in total. The summed E-state index contributed by atoms with van der Waals surface area (Å²) in [6.45, 7) is 7.97. The summed E-state index contributed by atoms with van der Waals surface area (Å²) in [7, 11) is 0. The third-order valence-electron chi connectivity index (χ3n) is 3.40. The van der Waals surface area contributed by atoms with E-state index in [2.05, 4.69) is 20.7 Å². The smallest absolute Gasteiger partial charge is 0.325 e. The molecule has 0 aromatic carbocycles. The Labute approximate surface area is 139 Å². The van der Waals surface area contributed by atoms with Crippen molar-refractivity contribution in [1.82, 2.24) is 30.1 Å². The van der Waals surface area contributed by atoms with Crippen molar-refractivity contribution in [3.05, 3.63) is 29.3 Å². The van der Waals surface area contributed by atoms with Crippen LogP contribution >= 0.6 is 0 Å². The van der Waals surface area contributed by atoms with Crippen LogP contribution in [0.3, 0.4) is 0 Å². The van der Waals surface area contributed by atoms with E-state index in [1.165, 1.54) is 10.9 Å². The van der Waals surface area contributed by atoms with Crippen molar-refractivity contribution in [2.24, 2.45) is 0 Å². The van der Waals surface area contributed by atoms with Crippen LogP contribution in [-0.4, -0.2) is 41.8 Å². The van der Waals surface area contributed by atoms with Crippen molar-refractivity contribution >= 4 is 11.9 Å². The van der Waals surface area contributed by atoms with E-state index in [-0.39, 0.29) is 24.5 Å². The quantitative estimate of drug-likeness (QED) is 0.807. The highest BCUT2D eigenvalue weighted by Gasteiger charge is 2.23. The first-order valence-corrected chi connectivity index (χ1v) is 7.68. The van der Waals surface area contributed by atoms with Crippen molar-refractivity contribution < 1.29 is 14.7 Å². The van der Waals surface area contributed by atoms with Gasteiger partial charge in [-0.05, 0) is 27.2 Å². The van der Waals surface area contributed by atoms with Crippen molar-refractivity contribution in [2.45, 2.75) is 52.7 Å². The number of aliphatic carboxylic acids is 1. The van der Waals surface area contributed by atoms with Crippen molar-refractivity contribution in [3.63, 3.8) is 0 Å². The van der Waals surface area contributed by atoms with Crippen LogP contribution in [0.5, 0.6) is 0 Å². The van der Waals surface area contributed by atoms with Crippen molar-refractivity contribution in [1.29, 1.82) is 0 Å². The maximum Gasteiger partial charge on any atom is 0.325 e. The Balaban J connectivity index is 2.06. The van der Waals surface area contributed by atoms with Gasteiger partial charge in [-0.15, -0.1) is 5.10 Å². The molecule has 9 heteroatoms. The standard InChI is InChI=1S/C15H22N6O3/c1-5-12-11(7-17-21(12)15(2,3)4)14(24)16-6-10-8-20(19-18-10)9-13(22)23/h7-8H,5-6,9H2,1-4H3,(H,16,24)(H,22,23). The van der Waals surface area contributed by atoms with E-state index >= 15 is 0 Å². The number of amides is 1. The molecule has 0 aliphatic carbocycles. The number of hydrogen-bond acceptors (Lipinski definition) is 5. The van der Waals surface area contributed by atoms with Gasteiger partial charge in [-0.1, -0.05) is 12.1 Å². The molecular weight excluding hydrogens is 312 g/mol. The first-order chi connectivity index (χ1) is 11.2. The summed E-state index contributed by atoms with van der Waals surface area (Å²) in [4.78, 5) is 23.0. The highest BCUT2D eigenvalue weighted by atomic mass is 16.4. The Kier molecular flexibility index (Phi) is 5.01. The number of carbonyl (C=O) groups excluding carboxylic acids is 1. The van der Waals surface area contributed by atoms with E-state index in [0.717, 1.165) is 5.69 Å². The van der Waals surface area contributed by atoms with Crippen LogP contribution in [0.15, 0.2) is 12.4 Å². The highest BCUT2D eigenvalue weighted by molar-refractivity contribution is 5.95. The largest absolute Gasteiger partial charge is 0.480 e. The second-order valence-electron chi connectivity index (χ2n) is 6.42. The molecule has 2 heterocycles. The SMILES string of the molecule is CCc1c(C(=O)NCc2cn(CC(=O)O)nn2)cnn1C(C)(C)C. The second kappa shape index (κ2) is 6.81. The lowest BCUT2D eigenvalue weighted by Gasteiger charge is -2.22. The van der Waals surface area contributed by atoms with Crippen LogP contribution in [0, 0.1) is 0 Å². The molecule has 0 fully saturated rings. The number of nitrogens with zero attached hydrogens (tertiary/aromatic N) is 5. The number of rotatable bonds is 6. The molecule has 2 aromatic rings. The Hall–Kier alpha value is -2.71. The Morgan fingerprint density at radius 3 is 2.62 bits per heavy atom. The minimum absolute atomic E-state index is 0.169. The summed E-state index contributed by atoms with van der Waals surface area (Å²) < 4.78 is 3.06. The highest BCUT2D eigenvalue weighted by Crippen LogP contribution is 2.19. The number of carboxylic acids is 1. The first kappa shape index (κ1) is 17.6. The van der Waals surface area contributed by atoms with Crippen LogP contribution < -0.4 is 5.32 Å². The topological polar surface area (TPSA) is 115 Å². The molecule has 0 bridgehead atoms. The molecule has 2 N–H and O–H groups in total. The lowest BCUT2D eigenvalue weighted by molar-refractivity contribution is -0.137. The molecule has 2 rings (SSSR count). The zero-order valence-corrected chi connectivity index (χ0v) is 14.3. The van der Waals surface area contributed by atoms with Gasteiger partial charge in [-0.3, -0.25) is 14.3 Å². The molecule has 0 saturated carbocycles. The van der Waals surface area contributed by atoms with E-state index in [0.29, 0.717) is 17.7 Å². The summed E-state index contributed by atoms with van der Waals surface area (Å²) in [5.74, 6) is -1.24. The van der Waals surface area contributed by atoms with E-state index in [1.807, 2.05) is 32.4 Å². The molecule has 0 aliphatic heterocycles. The van der Waals surface area contributed by atoms with E-state index in [9.17, 15) is 9.59 Å². The van der Waals surface area contributed by atoms with Gasteiger partial charge < -0.3 is 10.4 Å². The van der Waals surface area contributed by atoms with E-state index in [4.69, 9.17) is 5.11 Å². The summed E-state index contributed by atoms with van der Waals surface area (Å²) in [6, 6.07) is 0. The molecule has 0 unspecified atom stereocenters. The average molecular weight is 334 g/mol. The Morgan fingerprint density at radius 1 is 1.33 bits per heavy atom. The van der Waals surface area contributed by atoms with Gasteiger partial charge in [0.15, 0.2) is 0 Å². The fourth-order valence-electron chi connectivity index (χ4n) is 2.38. The van der Waals surface area contributed by atoms with Gasteiger partial charge in [0.1, 0.15) is 12.2 Å². The molecule has 0 saturated heterocycles. The molecule has 0 spiro atoms. The number of aromatic nitrogens is 5. The summed E-state index contributed by atoms with van der Waals surface area (Å²) >= 11 is 0. The van der Waals surface area contributed by atoms with Crippen LogP contribution in [0.1, 0.15) is 49.4 Å². The summed E-state index contributed by atoms with van der Waals surface area (Å²) in [6.07, 6.45) is 3.75. The zero-order valence-electron chi connectivity index (χ0n) is 14.3. The van der Waals surface area contributed by atoms with Gasteiger partial charge in [0, 0.05) is 0 Å². The minimum Gasteiger partial charge on any atom is -0.480 e. The minimum atomic E-state index is -1.00. The summed E-state index contributed by atoms with van der Waals surface area (Å²) in [5, 5.41) is 23.3. The van der Waals surface area contributed by atoms with Crippen LogP contribution in [0.4, 0.5) is 0 Å². The van der Waals surface area contributed by atoms with Gasteiger partial charge in [0.25, 0.3) is 5.91 Å². The molecular formula is C15H22N6O3. The van der Waals surface area contributed by atoms with Gasteiger partial charge in [0.2, 0.25) is 0 Å². The van der Waals surface area contributed by atoms with Crippen molar-refractivity contribution in [3.8, 4) is 0 Å². The maximum absolute atomic E-state index is 12.4. The predicted molar refractivity (Wildman–Crippen MR) is 85.4 cm³/mol. The van der Waals surface area contributed by atoms with E-state index < -0.39 is 5.97 Å². The van der Waals surface area contributed by atoms with Gasteiger partial charge in [-0.2, -0.15) is 5.10 Å². The third-order valence-corrected chi connectivity index (χ3v) is 3.40. The fourth-order valence-corrected chi connectivity index (χ4v) is 2.38. The predicted octanol–water partition coefficient (Wildman–Crippen LogP) is 0.807. The lowest BCUT2D eigenvalue weighted by Crippen LogP contribution is -2.27. The van der Waals surface area contributed by atoms with Crippen LogP contribution in [-0.2, 0) is 29.8 Å². The van der Waals surface area contributed by atoms with E-state index in [1.54, 1.807) is 6.20 Å². The Bertz CT molecular complexity index is 741. The van der Waals surface area contributed by atoms with Gasteiger partial charge in [-0.25, -0.2) is 4.68 Å². The van der Waals surface area contributed by atoms with Crippen molar-refractivity contribution in [2.75, 3.05) is 0 Å². The molecule has 24 heavy (non-hydrogen) atoms. The average Bonchev–Trinajstić information content (AvgIpc) is 3.09. The number of carbonyl (C=O) groups is 2. The molecule has 0 atom stereocenters. The first-order valence-electron chi connectivity index (χ1n) is 7.68. The van der Waals surface area contributed by atoms with Crippen LogP contribution in [0.2, 0.25) is 0 Å². The lowest BCUT2D eigenvalue weighted by atomic mass is 10.1. The fraction of sp³-hybridized carbons (Fsp3) is 0.533. The third kappa shape index (κ3) is 3.98. The normalized spacial score (nSPS) is 11.5. The zero-order chi connectivity index (χ0) is 17.9. The Morgan fingerprint density at radius 2 is 2.04 bits per heavy atom. The summed E-state index contributed by atoms with van der Waals surface area (Å²) in [5.41, 5.74) is 1.69. The van der Waals surface area contributed by atoms with Gasteiger partial charge in [0.05, 0.1) is 35.7 Å². The maximum atomic E-state index is 12.4. The molecule has 0 radical (unpaired) electrons. The number of nitrogens with one attached hydrogen (secondary N) is 1. The number of hydrogen-bond donors (Lipinski definition) is 2. The van der Waals surface area contributed by atoms with Crippen LogP contribution in [0.25, 0.3) is 0 Å². The number of carboxylic acid groups (broad SMARTS) is 1. The molecule has 0 aliphatic rings. The molecule has 130 valence electrons. The molecule has 2 aromatic heterocycles. The monoisotopic (exact) mass is 334 g/mol. The molecule has 1 amide bonds. The van der Waals surface area contributed by atoms with Gasteiger partial charge >= 0.3 is 5.97 Å².